The maximum atomic E-state index is 13.6. The summed E-state index contributed by atoms with van der Waals surface area (Å²) in [7, 11) is 0. The fourth-order valence-electron chi connectivity index (χ4n) is 3.44. The molecule has 0 spiro atoms. The fourth-order valence-corrected chi connectivity index (χ4v) is 3.44. The maximum absolute atomic E-state index is 13.6. The van der Waals surface area contributed by atoms with E-state index in [1.165, 1.54) is 23.8 Å². The largest absolute Gasteiger partial charge is 0.545 e. The lowest BCUT2D eigenvalue weighted by Crippen LogP contribution is -2.24. The number of hydrogen-bond donors (Lipinski definition) is 0. The van der Waals surface area contributed by atoms with Crippen molar-refractivity contribution in [1.82, 2.24) is 4.98 Å². The van der Waals surface area contributed by atoms with Crippen LogP contribution in [-0.4, -0.2) is 11.0 Å². The summed E-state index contributed by atoms with van der Waals surface area (Å²) in [6.45, 7) is 3.72. The summed E-state index contributed by atoms with van der Waals surface area (Å²) in [4.78, 5) is 16.3. The van der Waals surface area contributed by atoms with Crippen LogP contribution >= 0.6 is 0 Å². The third kappa shape index (κ3) is 3.14. The minimum atomic E-state index is -1.34. The molecule has 28 heavy (non-hydrogen) atoms. The van der Waals surface area contributed by atoms with Gasteiger partial charge in [-0.05, 0) is 48.7 Å². The normalized spacial score (nSPS) is 11.0. The Morgan fingerprint density at radius 2 is 1.43 bits per heavy atom. The summed E-state index contributed by atoms with van der Waals surface area (Å²) in [5.74, 6) is -1.85. The first-order valence-electron chi connectivity index (χ1n) is 8.93. The Labute approximate surface area is 162 Å². The van der Waals surface area contributed by atoms with Crippen LogP contribution in [0.25, 0.3) is 33.3 Å². The first-order valence-corrected chi connectivity index (χ1v) is 8.93. The molecule has 3 aromatic carbocycles. The summed E-state index contributed by atoms with van der Waals surface area (Å²) in [5, 5.41) is 12.0. The highest BCUT2D eigenvalue weighted by molar-refractivity contribution is 6.04. The van der Waals surface area contributed by atoms with Gasteiger partial charge in [0.25, 0.3) is 0 Å². The summed E-state index contributed by atoms with van der Waals surface area (Å²) in [5.41, 5.74) is 5.56. The van der Waals surface area contributed by atoms with Crippen LogP contribution in [0.4, 0.5) is 4.39 Å². The molecule has 0 aliphatic heterocycles. The Hall–Kier alpha value is -3.53. The molecule has 0 amide bonds. The lowest BCUT2D eigenvalue weighted by Gasteiger charge is -2.15. The molecule has 4 heteroatoms. The molecule has 0 unspecified atom stereocenters. The van der Waals surface area contributed by atoms with Crippen molar-refractivity contribution in [3.05, 3.63) is 89.2 Å². The van der Waals surface area contributed by atoms with Crippen molar-refractivity contribution in [1.29, 1.82) is 0 Å². The first-order chi connectivity index (χ1) is 13.4. The van der Waals surface area contributed by atoms with Crippen molar-refractivity contribution in [3.63, 3.8) is 0 Å². The average Bonchev–Trinajstić information content (AvgIpc) is 2.68. The molecule has 138 valence electrons. The zero-order valence-corrected chi connectivity index (χ0v) is 15.5. The third-order valence-electron chi connectivity index (χ3n) is 4.94. The second kappa shape index (κ2) is 6.89. The van der Waals surface area contributed by atoms with Crippen molar-refractivity contribution in [2.75, 3.05) is 0 Å². The molecule has 0 aliphatic carbocycles. The number of aromatic nitrogens is 1. The van der Waals surface area contributed by atoms with E-state index in [0.717, 1.165) is 16.7 Å². The zero-order valence-electron chi connectivity index (χ0n) is 15.5. The lowest BCUT2D eigenvalue weighted by atomic mass is 9.96. The van der Waals surface area contributed by atoms with E-state index in [-0.39, 0.29) is 10.9 Å². The van der Waals surface area contributed by atoms with Crippen LogP contribution in [0.1, 0.15) is 21.5 Å². The third-order valence-corrected chi connectivity index (χ3v) is 4.94. The van der Waals surface area contributed by atoms with Crippen LogP contribution in [-0.2, 0) is 0 Å². The minimum Gasteiger partial charge on any atom is -0.545 e. The van der Waals surface area contributed by atoms with E-state index in [4.69, 9.17) is 0 Å². The number of carbonyl (C=O) groups excluding carboxylic acids is 1. The quantitative estimate of drug-likeness (QED) is 0.526. The van der Waals surface area contributed by atoms with E-state index < -0.39 is 11.8 Å². The predicted octanol–water partition coefficient (Wildman–Crippen LogP) is 4.69. The van der Waals surface area contributed by atoms with E-state index >= 15 is 0 Å². The smallest absolute Gasteiger partial charge is 0.123 e. The van der Waals surface area contributed by atoms with Gasteiger partial charge >= 0.3 is 0 Å². The Kier molecular flexibility index (Phi) is 4.40. The highest BCUT2D eigenvalue weighted by Crippen LogP contribution is 2.31. The molecule has 4 aromatic rings. The van der Waals surface area contributed by atoms with Gasteiger partial charge in [0, 0.05) is 16.5 Å². The van der Waals surface area contributed by atoms with Crippen LogP contribution in [0, 0.1) is 19.7 Å². The minimum absolute atomic E-state index is 0.0258. The standard InChI is InChI=1S/C24H18FNO2/c1-14-3-5-16(6-4-14)17-7-9-18(10-8-17)23-15(2)22(24(27)28)20-13-19(25)11-12-21(20)26-23/h3-13H,1-2H3,(H,27,28)/p-1. The SMILES string of the molecule is Cc1ccc(-c2ccc(-c3nc4ccc(F)cc4c(C(=O)[O-])c3C)cc2)cc1. The maximum Gasteiger partial charge on any atom is 0.123 e. The second-order valence-corrected chi connectivity index (χ2v) is 6.85. The van der Waals surface area contributed by atoms with Crippen molar-refractivity contribution in [2.45, 2.75) is 13.8 Å². The number of aryl methyl sites for hydroxylation is 1. The highest BCUT2D eigenvalue weighted by atomic mass is 19.1. The van der Waals surface area contributed by atoms with E-state index in [9.17, 15) is 14.3 Å². The Bertz CT molecular complexity index is 1200. The number of fused-ring (bicyclic) bond motifs is 1. The van der Waals surface area contributed by atoms with Crippen LogP contribution in [0.3, 0.4) is 0 Å². The summed E-state index contributed by atoms with van der Waals surface area (Å²) in [6, 6.07) is 20.0. The van der Waals surface area contributed by atoms with Gasteiger partial charge in [0.2, 0.25) is 0 Å². The predicted molar refractivity (Wildman–Crippen MR) is 106 cm³/mol. The molecule has 4 rings (SSSR count). The Morgan fingerprint density at radius 3 is 2.04 bits per heavy atom. The van der Waals surface area contributed by atoms with Gasteiger partial charge in [0.1, 0.15) is 5.82 Å². The number of nitrogens with zero attached hydrogens (tertiary/aromatic N) is 1. The van der Waals surface area contributed by atoms with Crippen LogP contribution < -0.4 is 5.11 Å². The van der Waals surface area contributed by atoms with E-state index in [1.807, 2.05) is 31.2 Å². The number of carboxylic acids is 1. The molecule has 0 aliphatic rings. The van der Waals surface area contributed by atoms with Crippen molar-refractivity contribution >= 4 is 16.9 Å². The molecule has 0 bridgehead atoms. The molecular formula is C24H17FNO2-. The molecule has 0 saturated carbocycles. The van der Waals surface area contributed by atoms with Gasteiger partial charge < -0.3 is 9.90 Å². The van der Waals surface area contributed by atoms with Crippen LogP contribution in [0.2, 0.25) is 0 Å². The number of carbonyl (C=O) groups is 1. The van der Waals surface area contributed by atoms with Gasteiger partial charge in [-0.25, -0.2) is 9.37 Å². The number of benzene rings is 3. The monoisotopic (exact) mass is 370 g/mol. The number of hydrogen-bond acceptors (Lipinski definition) is 3. The number of pyridine rings is 1. The highest BCUT2D eigenvalue weighted by Gasteiger charge is 2.15. The van der Waals surface area contributed by atoms with E-state index in [0.29, 0.717) is 16.8 Å². The molecule has 0 fully saturated rings. The summed E-state index contributed by atoms with van der Waals surface area (Å²) in [6.07, 6.45) is 0. The number of carboxylic acid groups (broad SMARTS) is 1. The van der Waals surface area contributed by atoms with Crippen molar-refractivity contribution in [2.24, 2.45) is 0 Å². The number of rotatable bonds is 3. The molecule has 3 nitrogen and oxygen atoms in total. The molecule has 0 radical (unpaired) electrons. The first kappa shape index (κ1) is 17.9. The summed E-state index contributed by atoms with van der Waals surface area (Å²) < 4.78 is 13.6. The van der Waals surface area contributed by atoms with Gasteiger partial charge in [-0.1, -0.05) is 54.1 Å². The van der Waals surface area contributed by atoms with Gasteiger partial charge in [-0.3, -0.25) is 0 Å². The second-order valence-electron chi connectivity index (χ2n) is 6.85. The van der Waals surface area contributed by atoms with E-state index in [2.05, 4.69) is 29.2 Å². The van der Waals surface area contributed by atoms with Crippen LogP contribution in [0.5, 0.6) is 0 Å². The van der Waals surface area contributed by atoms with Crippen molar-refractivity contribution < 1.29 is 14.3 Å². The molecule has 0 atom stereocenters. The van der Waals surface area contributed by atoms with Crippen molar-refractivity contribution in [3.8, 4) is 22.4 Å². The Morgan fingerprint density at radius 1 is 0.857 bits per heavy atom. The van der Waals surface area contributed by atoms with Gasteiger partial charge in [-0.2, -0.15) is 0 Å². The molecule has 1 aromatic heterocycles. The number of halogens is 1. The molecule has 0 saturated heterocycles. The molecular weight excluding hydrogens is 353 g/mol. The van der Waals surface area contributed by atoms with Crippen LogP contribution in [0.15, 0.2) is 66.7 Å². The Balaban J connectivity index is 1.85. The topological polar surface area (TPSA) is 53.0 Å². The van der Waals surface area contributed by atoms with E-state index in [1.54, 1.807) is 6.92 Å². The lowest BCUT2D eigenvalue weighted by molar-refractivity contribution is -0.254. The zero-order chi connectivity index (χ0) is 19.8. The molecule has 0 N–H and O–H groups in total. The summed E-state index contributed by atoms with van der Waals surface area (Å²) >= 11 is 0. The molecule has 1 heterocycles. The van der Waals surface area contributed by atoms with Gasteiger partial charge in [0.05, 0.1) is 17.2 Å². The average molecular weight is 370 g/mol. The van der Waals surface area contributed by atoms with Gasteiger partial charge in [-0.15, -0.1) is 0 Å². The van der Waals surface area contributed by atoms with Gasteiger partial charge in [0.15, 0.2) is 0 Å². The number of aromatic carboxylic acids is 1. The fraction of sp³-hybridized carbons (Fsp3) is 0.0833.